The molecule has 1 saturated carbocycles. The SMILES string of the molecule is CNC1CC(Oc2c(Cl)cc([N+](=O)[O-])cc2Cl)C1OC. The largest absolute Gasteiger partial charge is 0.484 e. The topological polar surface area (TPSA) is 73.6 Å². The maximum Gasteiger partial charge on any atom is 0.272 e. The molecule has 2 rings (SSSR count). The molecule has 1 aromatic carbocycles. The number of hydrogen-bond donors (Lipinski definition) is 1. The maximum absolute atomic E-state index is 10.7. The van der Waals surface area contributed by atoms with Crippen molar-refractivity contribution in [2.75, 3.05) is 14.2 Å². The van der Waals surface area contributed by atoms with Gasteiger partial charge in [-0.05, 0) is 7.05 Å². The third kappa shape index (κ3) is 2.83. The van der Waals surface area contributed by atoms with Gasteiger partial charge in [0.1, 0.15) is 12.2 Å². The van der Waals surface area contributed by atoms with E-state index in [-0.39, 0.29) is 39.7 Å². The summed E-state index contributed by atoms with van der Waals surface area (Å²) in [4.78, 5) is 10.1. The fourth-order valence-electron chi connectivity index (χ4n) is 2.21. The number of benzene rings is 1. The quantitative estimate of drug-likeness (QED) is 0.667. The van der Waals surface area contributed by atoms with Crippen molar-refractivity contribution in [2.24, 2.45) is 0 Å². The fourth-order valence-corrected chi connectivity index (χ4v) is 2.78. The van der Waals surface area contributed by atoms with Gasteiger partial charge in [0.05, 0.1) is 15.0 Å². The summed E-state index contributed by atoms with van der Waals surface area (Å²) in [6.45, 7) is 0. The lowest BCUT2D eigenvalue weighted by Gasteiger charge is -2.43. The lowest BCUT2D eigenvalue weighted by atomic mass is 9.85. The first-order valence-electron chi connectivity index (χ1n) is 5.98. The molecule has 1 N–H and O–H groups in total. The summed E-state index contributed by atoms with van der Waals surface area (Å²) in [5.41, 5.74) is -0.169. The molecule has 0 aliphatic heterocycles. The molecule has 3 atom stereocenters. The zero-order valence-electron chi connectivity index (χ0n) is 10.9. The van der Waals surface area contributed by atoms with Gasteiger partial charge in [0.2, 0.25) is 0 Å². The number of hydrogen-bond acceptors (Lipinski definition) is 5. The van der Waals surface area contributed by atoms with E-state index in [0.29, 0.717) is 0 Å². The van der Waals surface area contributed by atoms with Crippen LogP contribution in [0.5, 0.6) is 5.75 Å². The minimum absolute atomic E-state index is 0.109. The molecule has 0 aromatic heterocycles. The number of nitro groups is 1. The van der Waals surface area contributed by atoms with Crippen LogP contribution in [0.15, 0.2) is 12.1 Å². The lowest BCUT2D eigenvalue weighted by molar-refractivity contribution is -0.384. The number of ether oxygens (including phenoxy) is 2. The Labute approximate surface area is 126 Å². The summed E-state index contributed by atoms with van der Waals surface area (Å²) < 4.78 is 11.1. The zero-order chi connectivity index (χ0) is 14.9. The Hall–Kier alpha value is -1.08. The molecule has 1 aliphatic rings. The summed E-state index contributed by atoms with van der Waals surface area (Å²) >= 11 is 12.0. The number of rotatable bonds is 5. The van der Waals surface area contributed by atoms with Crippen LogP contribution in [0, 0.1) is 10.1 Å². The predicted molar refractivity (Wildman–Crippen MR) is 75.8 cm³/mol. The van der Waals surface area contributed by atoms with E-state index >= 15 is 0 Å². The van der Waals surface area contributed by atoms with Crippen molar-refractivity contribution in [3.05, 3.63) is 32.3 Å². The molecule has 0 bridgehead atoms. The van der Waals surface area contributed by atoms with Crippen LogP contribution in [0.3, 0.4) is 0 Å². The first kappa shape index (κ1) is 15.3. The number of non-ortho nitro benzene ring substituents is 1. The molecule has 0 spiro atoms. The Kier molecular flexibility index (Phi) is 4.70. The summed E-state index contributed by atoms with van der Waals surface area (Å²) in [7, 11) is 3.45. The van der Waals surface area contributed by atoms with E-state index in [1.807, 2.05) is 7.05 Å². The Balaban J connectivity index is 2.16. The van der Waals surface area contributed by atoms with Crippen molar-refractivity contribution in [3.63, 3.8) is 0 Å². The molecule has 0 heterocycles. The molecule has 1 aromatic rings. The number of nitro benzene ring substituents is 1. The van der Waals surface area contributed by atoms with Gasteiger partial charge in [-0.15, -0.1) is 0 Å². The van der Waals surface area contributed by atoms with Gasteiger partial charge in [-0.1, -0.05) is 23.2 Å². The monoisotopic (exact) mass is 320 g/mol. The van der Waals surface area contributed by atoms with Crippen LogP contribution in [0.25, 0.3) is 0 Å². The summed E-state index contributed by atoms with van der Waals surface area (Å²) in [6, 6.07) is 2.65. The van der Waals surface area contributed by atoms with E-state index in [1.165, 1.54) is 12.1 Å². The van der Waals surface area contributed by atoms with E-state index in [4.69, 9.17) is 32.7 Å². The number of likely N-dealkylation sites (N-methyl/N-ethyl adjacent to an activating group) is 1. The fraction of sp³-hybridized carbons (Fsp3) is 0.500. The Morgan fingerprint density at radius 1 is 1.40 bits per heavy atom. The highest BCUT2D eigenvalue weighted by atomic mass is 35.5. The van der Waals surface area contributed by atoms with Crippen LogP contribution in [0.2, 0.25) is 10.0 Å². The highest BCUT2D eigenvalue weighted by Gasteiger charge is 2.43. The first-order chi connectivity index (χ1) is 9.47. The van der Waals surface area contributed by atoms with Crippen LogP contribution in [0.4, 0.5) is 5.69 Å². The number of halogens is 2. The van der Waals surface area contributed by atoms with Crippen molar-refractivity contribution in [2.45, 2.75) is 24.7 Å². The third-order valence-electron chi connectivity index (χ3n) is 3.36. The molecule has 3 unspecified atom stereocenters. The Morgan fingerprint density at radius 3 is 2.45 bits per heavy atom. The van der Waals surface area contributed by atoms with Crippen molar-refractivity contribution < 1.29 is 14.4 Å². The second-order valence-electron chi connectivity index (χ2n) is 4.48. The molecule has 1 fully saturated rings. The summed E-state index contributed by atoms with van der Waals surface area (Å²) in [5.74, 6) is 0.250. The van der Waals surface area contributed by atoms with Gasteiger partial charge in [0.25, 0.3) is 5.69 Å². The van der Waals surface area contributed by atoms with Crippen LogP contribution < -0.4 is 10.1 Å². The van der Waals surface area contributed by atoms with Gasteiger partial charge in [0, 0.05) is 31.7 Å². The second kappa shape index (κ2) is 6.13. The van der Waals surface area contributed by atoms with Crippen molar-refractivity contribution in [3.8, 4) is 5.75 Å². The molecule has 0 radical (unpaired) electrons. The molecule has 0 saturated heterocycles. The smallest absolute Gasteiger partial charge is 0.272 e. The van der Waals surface area contributed by atoms with E-state index in [1.54, 1.807) is 7.11 Å². The van der Waals surface area contributed by atoms with Gasteiger partial charge < -0.3 is 14.8 Å². The van der Waals surface area contributed by atoms with Crippen LogP contribution >= 0.6 is 23.2 Å². The molecular weight excluding hydrogens is 307 g/mol. The third-order valence-corrected chi connectivity index (χ3v) is 3.92. The zero-order valence-corrected chi connectivity index (χ0v) is 12.4. The van der Waals surface area contributed by atoms with Crippen molar-refractivity contribution in [1.82, 2.24) is 5.32 Å². The number of methoxy groups -OCH3 is 1. The molecule has 1 aliphatic carbocycles. The van der Waals surface area contributed by atoms with Gasteiger partial charge in [0.15, 0.2) is 5.75 Å². The van der Waals surface area contributed by atoms with Crippen LogP contribution in [0.1, 0.15) is 6.42 Å². The molecule has 6 nitrogen and oxygen atoms in total. The Bertz CT molecular complexity index is 503. The van der Waals surface area contributed by atoms with E-state index < -0.39 is 4.92 Å². The molecule has 110 valence electrons. The first-order valence-corrected chi connectivity index (χ1v) is 6.73. The standard InChI is InChI=1S/C12H14Cl2N2O4/c1-15-9-5-10(12(9)19-2)20-11-7(13)3-6(16(17)18)4-8(11)14/h3-4,9-10,12,15H,5H2,1-2H3. The minimum atomic E-state index is -0.556. The van der Waals surface area contributed by atoms with Crippen LogP contribution in [-0.2, 0) is 4.74 Å². The molecule has 20 heavy (non-hydrogen) atoms. The van der Waals surface area contributed by atoms with E-state index in [2.05, 4.69) is 5.32 Å². The average Bonchev–Trinajstić information content (AvgIpc) is 2.36. The highest BCUT2D eigenvalue weighted by molar-refractivity contribution is 6.37. The molecule has 8 heteroatoms. The minimum Gasteiger partial charge on any atom is -0.484 e. The van der Waals surface area contributed by atoms with E-state index in [0.717, 1.165) is 6.42 Å². The molecule has 0 amide bonds. The van der Waals surface area contributed by atoms with Gasteiger partial charge in [-0.25, -0.2) is 0 Å². The van der Waals surface area contributed by atoms with Crippen molar-refractivity contribution in [1.29, 1.82) is 0 Å². The average molecular weight is 321 g/mol. The Morgan fingerprint density at radius 2 is 2.00 bits per heavy atom. The number of nitrogens with one attached hydrogen (secondary N) is 1. The number of nitrogens with zero attached hydrogens (tertiary/aromatic N) is 1. The van der Waals surface area contributed by atoms with E-state index in [9.17, 15) is 10.1 Å². The normalized spacial score (nSPS) is 25.1. The van der Waals surface area contributed by atoms with Gasteiger partial charge in [-0.2, -0.15) is 0 Å². The summed E-state index contributed by atoms with van der Waals surface area (Å²) in [5, 5.41) is 14.1. The summed E-state index contributed by atoms with van der Waals surface area (Å²) in [6.07, 6.45) is 0.454. The maximum atomic E-state index is 10.7. The molecular formula is C12H14Cl2N2O4. The lowest BCUT2D eigenvalue weighted by Crippen LogP contribution is -2.60. The second-order valence-corrected chi connectivity index (χ2v) is 5.30. The highest BCUT2D eigenvalue weighted by Crippen LogP contribution is 2.39. The van der Waals surface area contributed by atoms with Gasteiger partial charge in [-0.3, -0.25) is 10.1 Å². The van der Waals surface area contributed by atoms with Gasteiger partial charge >= 0.3 is 0 Å². The van der Waals surface area contributed by atoms with Crippen LogP contribution in [-0.4, -0.2) is 37.3 Å². The predicted octanol–water partition coefficient (Wildman–Crippen LogP) is 2.66. The van der Waals surface area contributed by atoms with Crippen molar-refractivity contribution >= 4 is 28.9 Å².